The van der Waals surface area contributed by atoms with Crippen molar-refractivity contribution < 1.29 is 29.4 Å². The number of aliphatic hydroxyl groups is 5. The molecule has 78 valence electrons. The predicted molar refractivity (Wildman–Crippen MR) is 44.5 cm³/mol. The maximum atomic E-state index is 9.09. The standard InChI is InChI=1S/C6H12O6S/c7-1-3(8)5(10)6(11)4(9)2-12-13/h2-11H,1H2/t3-,4+,5-,6-/m1/s1. The van der Waals surface area contributed by atoms with Crippen molar-refractivity contribution in [2.75, 3.05) is 6.61 Å². The Labute approximate surface area is 80.4 Å². The summed E-state index contributed by atoms with van der Waals surface area (Å²) in [5.74, 6) is 0. The van der Waals surface area contributed by atoms with Gasteiger partial charge in [-0.05, 0) is 0 Å². The summed E-state index contributed by atoms with van der Waals surface area (Å²) in [6.45, 7) is -0.723. The molecule has 0 bridgehead atoms. The lowest BCUT2D eigenvalue weighted by molar-refractivity contribution is -0.243. The van der Waals surface area contributed by atoms with Gasteiger partial charge in [0.1, 0.15) is 18.3 Å². The van der Waals surface area contributed by atoms with Crippen molar-refractivity contribution in [3.05, 3.63) is 0 Å². The Bertz CT molecular complexity index is 163. The Balaban J connectivity index is 4.15. The number of rotatable bonds is 5. The molecule has 0 aromatic heterocycles. The van der Waals surface area contributed by atoms with Gasteiger partial charge < -0.3 is 29.4 Å². The molecule has 0 amide bonds. The van der Waals surface area contributed by atoms with E-state index in [1.54, 1.807) is 0 Å². The van der Waals surface area contributed by atoms with Crippen LogP contribution in [-0.4, -0.2) is 62.8 Å². The molecule has 13 heavy (non-hydrogen) atoms. The van der Waals surface area contributed by atoms with Crippen LogP contribution in [0.15, 0.2) is 0 Å². The van der Waals surface area contributed by atoms with Gasteiger partial charge in [0, 0.05) is 0 Å². The Morgan fingerprint density at radius 3 is 2.08 bits per heavy atom. The van der Waals surface area contributed by atoms with Gasteiger partial charge in [-0.25, -0.2) is 12.9 Å². The molecular formula is C6H12O6S. The van der Waals surface area contributed by atoms with E-state index in [0.717, 1.165) is 0 Å². The maximum Gasteiger partial charge on any atom is 0.296 e. The summed E-state index contributed by atoms with van der Waals surface area (Å²) in [7, 11) is 0. The van der Waals surface area contributed by atoms with Crippen molar-refractivity contribution in [3.63, 3.8) is 0 Å². The number of hydrogen-bond donors (Lipinski definition) is 5. The zero-order valence-electron chi connectivity index (χ0n) is 6.65. The van der Waals surface area contributed by atoms with Crippen molar-refractivity contribution in [2.24, 2.45) is 0 Å². The van der Waals surface area contributed by atoms with Crippen LogP contribution in [0.4, 0.5) is 0 Å². The SMILES string of the molecule is OC[C@@H](O)[C@@H](O)[C@H](O)[C@@H](O)C=[O+][S-]. The summed E-state index contributed by atoms with van der Waals surface area (Å²) in [5.41, 5.74) is 0. The summed E-state index contributed by atoms with van der Waals surface area (Å²) in [6, 6.07) is 0. The van der Waals surface area contributed by atoms with Gasteiger partial charge in [0.05, 0.1) is 6.61 Å². The van der Waals surface area contributed by atoms with E-state index in [-0.39, 0.29) is 0 Å². The van der Waals surface area contributed by atoms with Gasteiger partial charge in [-0.15, -0.1) is 0 Å². The first-order valence-corrected chi connectivity index (χ1v) is 3.83. The number of aliphatic hydroxyl groups excluding tert-OH is 5. The molecular weight excluding hydrogens is 200 g/mol. The lowest BCUT2D eigenvalue weighted by Gasteiger charge is -2.21. The minimum atomic E-state index is -1.67. The van der Waals surface area contributed by atoms with E-state index in [2.05, 4.69) is 16.8 Å². The Hall–Kier alpha value is -0.310. The largest absolute Gasteiger partial charge is 0.394 e. The summed E-state index contributed by atoms with van der Waals surface area (Å²) in [4.78, 5) is 0. The molecule has 0 aromatic rings. The van der Waals surface area contributed by atoms with Crippen LogP contribution in [-0.2, 0) is 16.8 Å². The van der Waals surface area contributed by atoms with Gasteiger partial charge in [-0.1, -0.05) is 0 Å². The molecule has 0 aliphatic carbocycles. The van der Waals surface area contributed by atoms with Gasteiger partial charge in [0.25, 0.3) is 6.29 Å². The third kappa shape index (κ3) is 3.94. The highest BCUT2D eigenvalue weighted by Gasteiger charge is 2.31. The first kappa shape index (κ1) is 12.7. The molecule has 0 unspecified atom stereocenters. The summed E-state index contributed by atoms with van der Waals surface area (Å²) in [5, 5.41) is 44.4. The minimum Gasteiger partial charge on any atom is -0.394 e. The highest BCUT2D eigenvalue weighted by molar-refractivity contribution is 7.50. The molecule has 0 spiro atoms. The molecule has 0 fully saturated rings. The fourth-order valence-corrected chi connectivity index (χ4v) is 0.789. The van der Waals surface area contributed by atoms with E-state index in [0.29, 0.717) is 6.29 Å². The average Bonchev–Trinajstić information content (AvgIpc) is 2.14. The molecule has 7 heteroatoms. The fraction of sp³-hybridized carbons (Fsp3) is 0.833. The van der Waals surface area contributed by atoms with E-state index in [4.69, 9.17) is 25.5 Å². The van der Waals surface area contributed by atoms with Crippen LogP contribution >= 0.6 is 0 Å². The van der Waals surface area contributed by atoms with Gasteiger partial charge in [0.15, 0.2) is 6.10 Å². The predicted octanol–water partition coefficient (Wildman–Crippen LogP) is -3.38. The molecule has 0 radical (unpaired) electrons. The van der Waals surface area contributed by atoms with E-state index in [9.17, 15) is 0 Å². The van der Waals surface area contributed by atoms with Gasteiger partial charge >= 0.3 is 0 Å². The Morgan fingerprint density at radius 2 is 1.69 bits per heavy atom. The minimum absolute atomic E-state index is 0.716. The number of carbonyl (C=O) groups excluding carboxylic acids is 1. The van der Waals surface area contributed by atoms with Crippen LogP contribution in [0.25, 0.3) is 0 Å². The Morgan fingerprint density at radius 1 is 1.15 bits per heavy atom. The lowest BCUT2D eigenvalue weighted by Crippen LogP contribution is -2.46. The second-order valence-electron chi connectivity index (χ2n) is 2.45. The zero-order chi connectivity index (χ0) is 10.4. The third-order valence-corrected chi connectivity index (χ3v) is 1.59. The molecule has 0 aliphatic heterocycles. The summed E-state index contributed by atoms with van der Waals surface area (Å²) < 4.78 is 3.98. The van der Waals surface area contributed by atoms with Crippen LogP contribution in [0.1, 0.15) is 0 Å². The Kier molecular flexibility index (Phi) is 6.04. The van der Waals surface area contributed by atoms with Crippen molar-refractivity contribution in [1.29, 1.82) is 0 Å². The highest BCUT2D eigenvalue weighted by atomic mass is 32.1. The molecule has 0 saturated heterocycles. The number of aldehydes is 1. The molecule has 0 aromatic carbocycles. The normalized spacial score (nSPS) is 21.3. The van der Waals surface area contributed by atoms with Gasteiger partial charge in [-0.3, -0.25) is 0 Å². The third-order valence-electron chi connectivity index (χ3n) is 1.48. The summed E-state index contributed by atoms with van der Waals surface area (Å²) in [6.07, 6.45) is -5.66. The second kappa shape index (κ2) is 6.19. The average molecular weight is 212 g/mol. The van der Waals surface area contributed by atoms with Crippen LogP contribution < -0.4 is 0 Å². The monoisotopic (exact) mass is 212 g/mol. The summed E-state index contributed by atoms with van der Waals surface area (Å²) >= 11 is 4.01. The first-order chi connectivity index (χ1) is 6.04. The van der Waals surface area contributed by atoms with Crippen molar-refractivity contribution in [1.82, 2.24) is 0 Å². The number of hydrogen-bond acceptors (Lipinski definition) is 6. The van der Waals surface area contributed by atoms with E-state index in [1.165, 1.54) is 0 Å². The zero-order valence-corrected chi connectivity index (χ0v) is 7.46. The fourth-order valence-electron chi connectivity index (χ4n) is 0.675. The second-order valence-corrected chi connectivity index (χ2v) is 2.65. The smallest absolute Gasteiger partial charge is 0.296 e. The van der Waals surface area contributed by atoms with Crippen molar-refractivity contribution in [2.45, 2.75) is 24.4 Å². The van der Waals surface area contributed by atoms with E-state index >= 15 is 0 Å². The molecule has 6 nitrogen and oxygen atoms in total. The van der Waals surface area contributed by atoms with Gasteiger partial charge in [0.2, 0.25) is 0 Å². The van der Waals surface area contributed by atoms with Crippen LogP contribution in [0.2, 0.25) is 0 Å². The van der Waals surface area contributed by atoms with Crippen LogP contribution in [0.5, 0.6) is 0 Å². The quantitative estimate of drug-likeness (QED) is 0.185. The topological polar surface area (TPSA) is 112 Å². The highest BCUT2D eigenvalue weighted by Crippen LogP contribution is 2.03. The van der Waals surface area contributed by atoms with E-state index in [1.807, 2.05) is 0 Å². The van der Waals surface area contributed by atoms with E-state index < -0.39 is 31.0 Å². The first-order valence-electron chi connectivity index (χ1n) is 3.49. The van der Waals surface area contributed by atoms with Crippen LogP contribution in [0.3, 0.4) is 0 Å². The lowest BCUT2D eigenvalue weighted by atomic mass is 10.0. The van der Waals surface area contributed by atoms with Crippen molar-refractivity contribution in [3.8, 4) is 0 Å². The molecule has 0 heterocycles. The van der Waals surface area contributed by atoms with Crippen molar-refractivity contribution >= 4 is 19.2 Å². The molecule has 0 rings (SSSR count). The van der Waals surface area contributed by atoms with Gasteiger partial charge in [-0.2, -0.15) is 0 Å². The molecule has 0 saturated carbocycles. The molecule has 4 atom stereocenters. The molecule has 5 N–H and O–H groups in total. The maximum absolute atomic E-state index is 9.09. The molecule has 0 aliphatic rings. The van der Waals surface area contributed by atoms with Crippen LogP contribution in [0, 0.1) is 0 Å².